The minimum absolute atomic E-state index is 0.929. The zero-order valence-corrected chi connectivity index (χ0v) is 12.3. The molecule has 1 aliphatic heterocycles. The van der Waals surface area contributed by atoms with E-state index in [1.54, 1.807) is 0 Å². The summed E-state index contributed by atoms with van der Waals surface area (Å²) in [4.78, 5) is 0. The number of nitrogens with zero attached hydrogens (tertiary/aromatic N) is 3. The van der Waals surface area contributed by atoms with Gasteiger partial charge in [0.25, 0.3) is 0 Å². The van der Waals surface area contributed by atoms with Gasteiger partial charge in [0.1, 0.15) is 11.4 Å². The molecule has 0 saturated heterocycles. The molecule has 2 aromatic rings. The fourth-order valence-corrected chi connectivity index (χ4v) is 1.97. The largest absolute Gasteiger partial charge is 0.222 e. The van der Waals surface area contributed by atoms with E-state index in [1.807, 2.05) is 46.1 Å². The predicted molar refractivity (Wildman–Crippen MR) is 67.4 cm³/mol. The number of hydrogen-bond acceptors (Lipinski definition) is 6. The zero-order valence-electron chi connectivity index (χ0n) is 11.5. The first-order chi connectivity index (χ1) is 10.4. The van der Waals surface area contributed by atoms with Gasteiger partial charge in [0.05, 0.1) is 5.22 Å². The van der Waals surface area contributed by atoms with Crippen molar-refractivity contribution in [2.24, 2.45) is 5.22 Å². The smallest absolute Gasteiger partial charge is 0.153 e. The molecule has 0 atom stereocenters. The molecule has 8 heteroatoms. The van der Waals surface area contributed by atoms with Crippen LogP contribution in [0, 0.1) is 10.2 Å². The van der Waals surface area contributed by atoms with E-state index >= 15 is 0 Å². The Morgan fingerprint density at radius 1 is 0.864 bits per heavy atom. The maximum absolute atomic E-state index is 8.49. The molecule has 0 unspecified atom stereocenters. The number of halogens is 1. The molecule has 1 aliphatic rings. The number of para-hydroxylation sites is 2. The van der Waals surface area contributed by atoms with Crippen LogP contribution < -0.4 is 23.6 Å². The predicted octanol–water partition coefficient (Wildman–Crippen LogP) is -1.54. The normalized spacial score (nSPS) is 14.2. The molecule has 2 aromatic carbocycles. The molecule has 0 bridgehead atoms. The van der Waals surface area contributed by atoms with Crippen molar-refractivity contribution in [2.45, 2.75) is 0 Å². The molecule has 3 rings (SSSR count). The molecule has 7 nitrogen and oxygen atoms in total. The third-order valence-electron chi connectivity index (χ3n) is 2.85. The van der Waals surface area contributed by atoms with Crippen molar-refractivity contribution in [3.63, 3.8) is 0 Å². The number of benzene rings is 2. The maximum Gasteiger partial charge on any atom is 0.153 e. The second-order valence-electron chi connectivity index (χ2n) is 4.38. The van der Waals surface area contributed by atoms with Crippen LogP contribution in [-0.2, 0) is 0 Å². The molecular weight excluding hydrogens is 310 g/mol. The quantitative estimate of drug-likeness (QED) is 0.622. The Morgan fingerprint density at radius 3 is 1.91 bits per heavy atom. The van der Waals surface area contributed by atoms with Gasteiger partial charge in [-0.2, -0.15) is 0 Å². The molecule has 0 spiro atoms. The molecule has 0 saturated carbocycles. The Hall–Kier alpha value is -2.03. The fourth-order valence-electron chi connectivity index (χ4n) is 1.97. The first-order valence-electron chi connectivity index (χ1n) is 6.42. The second kappa shape index (κ2) is 7.30. The summed E-state index contributed by atoms with van der Waals surface area (Å²) in [5.74, 6) is 0. The van der Waals surface area contributed by atoms with Crippen LogP contribution in [0.1, 0.15) is 0 Å². The van der Waals surface area contributed by atoms with Gasteiger partial charge in [0, 0.05) is 0 Å². The maximum atomic E-state index is 8.49. The van der Waals surface area contributed by atoms with Crippen LogP contribution in [-0.4, -0.2) is 17.8 Å². The van der Waals surface area contributed by atoms with E-state index in [0.717, 1.165) is 24.5 Å². The Morgan fingerprint density at radius 2 is 1.36 bits per heavy atom. The number of hydrogen-bond donors (Lipinski definition) is 0. The molecule has 22 heavy (non-hydrogen) atoms. The first-order valence-corrected chi connectivity index (χ1v) is 7.65. The van der Waals surface area contributed by atoms with Crippen LogP contribution >= 0.6 is 0 Å². The van der Waals surface area contributed by atoms with Crippen molar-refractivity contribution in [3.8, 4) is 0 Å². The van der Waals surface area contributed by atoms with E-state index in [1.165, 1.54) is 0 Å². The van der Waals surface area contributed by atoms with Gasteiger partial charge < -0.3 is 0 Å². The van der Waals surface area contributed by atoms with Crippen molar-refractivity contribution >= 4 is 11.4 Å². The van der Waals surface area contributed by atoms with Crippen LogP contribution in [0.3, 0.4) is 0 Å². The average Bonchev–Trinajstić information content (AvgIpc) is 2.97. The van der Waals surface area contributed by atoms with E-state index in [4.69, 9.17) is 18.6 Å². The Labute approximate surface area is 129 Å². The molecule has 0 aliphatic carbocycles. The van der Waals surface area contributed by atoms with E-state index < -0.39 is 10.2 Å². The van der Waals surface area contributed by atoms with Gasteiger partial charge in [-0.15, -0.1) is 19.9 Å². The van der Waals surface area contributed by atoms with Crippen LogP contribution in [0.25, 0.3) is 0 Å². The lowest BCUT2D eigenvalue weighted by Crippen LogP contribution is -2.68. The summed E-state index contributed by atoms with van der Waals surface area (Å²) in [6.45, 7) is 1.86. The zero-order chi connectivity index (χ0) is 16.0. The second-order valence-corrected chi connectivity index (χ2v) is 5.14. The summed E-state index contributed by atoms with van der Waals surface area (Å²) in [6, 6.07) is 20.5. The lowest BCUT2D eigenvalue weighted by molar-refractivity contribution is -2.00. The van der Waals surface area contributed by atoms with E-state index in [-0.39, 0.29) is 0 Å². The summed E-state index contributed by atoms with van der Waals surface area (Å²) in [7, 11) is -4.94. The van der Waals surface area contributed by atoms with Gasteiger partial charge in [-0.25, -0.2) is 18.6 Å². The summed E-state index contributed by atoms with van der Waals surface area (Å²) in [5.41, 5.74) is 2.29. The monoisotopic (exact) mass is 323 g/mol. The highest BCUT2D eigenvalue weighted by Gasteiger charge is 2.24. The Bertz CT molecular complexity index is 611. The Kier molecular flexibility index (Phi) is 5.42. The van der Waals surface area contributed by atoms with Crippen LogP contribution in [0.15, 0.2) is 65.9 Å². The summed E-state index contributed by atoms with van der Waals surface area (Å²) < 4.78 is 36.0. The molecule has 1 heterocycles. The molecule has 116 valence electrons. The van der Waals surface area contributed by atoms with Crippen LogP contribution in [0.4, 0.5) is 11.4 Å². The third-order valence-corrected chi connectivity index (χ3v) is 2.85. The van der Waals surface area contributed by atoms with Crippen molar-refractivity contribution in [2.75, 3.05) is 18.1 Å². The first kappa shape index (κ1) is 16.3. The summed E-state index contributed by atoms with van der Waals surface area (Å²) in [6.07, 6.45) is 0. The highest BCUT2D eigenvalue weighted by Crippen LogP contribution is 2.21. The van der Waals surface area contributed by atoms with E-state index in [9.17, 15) is 0 Å². The molecule has 0 fully saturated rings. The summed E-state index contributed by atoms with van der Waals surface area (Å²) in [5, 5.41) is 6.63. The topological polar surface area (TPSA) is 111 Å². The standard InChI is InChI=1S/C14H14N3.ClHO4/c1-3-7-13(8-4-1)16-11-12-17(15-16)14-9-5-2-6-10-14;2-1(3,4)5/h1-10H,11-12H2;(H,2,3,4,5)/q+1;/p-1. The highest BCUT2D eigenvalue weighted by molar-refractivity contribution is 5.45. The van der Waals surface area contributed by atoms with Gasteiger partial charge in [0.2, 0.25) is 0 Å². The van der Waals surface area contributed by atoms with Crippen LogP contribution in [0.2, 0.25) is 0 Å². The SMILES string of the molecule is [O-][Cl+3]([O-])([O-])[O-].c1ccc(N2CC[N+](c3ccccc3)=N2)cc1. The number of rotatable bonds is 2. The van der Waals surface area contributed by atoms with Gasteiger partial charge in [-0.1, -0.05) is 36.4 Å². The lowest BCUT2D eigenvalue weighted by atomic mass is 10.3. The molecule has 0 radical (unpaired) electrons. The highest BCUT2D eigenvalue weighted by atomic mass is 35.7. The lowest BCUT2D eigenvalue weighted by Gasteiger charge is -2.17. The molecule has 0 N–H and O–H groups in total. The molecule has 0 aromatic heterocycles. The fraction of sp³-hybridized carbons (Fsp3) is 0.143. The number of anilines is 1. The average molecular weight is 324 g/mol. The molecular formula is C14H14ClN3O4. The minimum Gasteiger partial charge on any atom is -0.222 e. The molecule has 0 amide bonds. The Balaban J connectivity index is 0.000000309. The van der Waals surface area contributed by atoms with E-state index in [0.29, 0.717) is 0 Å². The van der Waals surface area contributed by atoms with Gasteiger partial charge in [-0.05, 0) is 24.3 Å². The van der Waals surface area contributed by atoms with E-state index in [2.05, 4.69) is 29.5 Å². The minimum atomic E-state index is -4.94. The van der Waals surface area contributed by atoms with Crippen molar-refractivity contribution in [1.82, 2.24) is 0 Å². The van der Waals surface area contributed by atoms with Crippen molar-refractivity contribution in [3.05, 3.63) is 60.7 Å². The van der Waals surface area contributed by atoms with Crippen LogP contribution in [0.5, 0.6) is 0 Å². The summed E-state index contributed by atoms with van der Waals surface area (Å²) >= 11 is 0. The van der Waals surface area contributed by atoms with Gasteiger partial charge in [-0.3, -0.25) is 0 Å². The van der Waals surface area contributed by atoms with Gasteiger partial charge >= 0.3 is 0 Å². The third kappa shape index (κ3) is 5.40. The van der Waals surface area contributed by atoms with Crippen molar-refractivity contribution < 1.29 is 33.6 Å². The van der Waals surface area contributed by atoms with Crippen molar-refractivity contribution in [1.29, 1.82) is 0 Å². The van der Waals surface area contributed by atoms with Gasteiger partial charge in [0.15, 0.2) is 13.1 Å².